The number of rotatable bonds is 3. The van der Waals surface area contributed by atoms with E-state index in [-0.39, 0.29) is 9.92 Å². The van der Waals surface area contributed by atoms with Crippen LogP contribution in [0.25, 0.3) is 0 Å². The Hall–Kier alpha value is -1.64. The first-order valence-electron chi connectivity index (χ1n) is 8.38. The fourth-order valence-electron chi connectivity index (χ4n) is 2.80. The van der Waals surface area contributed by atoms with Gasteiger partial charge in [0.05, 0.1) is 11.6 Å². The summed E-state index contributed by atoms with van der Waals surface area (Å²) in [4.78, 5) is 1.97. The SMILES string of the molecule is CCC1C=NN(C(=NS(=O)(=O)c2ccccc2Cl)N2CCNCC2)C1. The first-order valence-corrected chi connectivity index (χ1v) is 10.2. The monoisotopic (exact) mass is 383 g/mol. The molecule has 7 nitrogen and oxygen atoms in total. The standard InChI is InChI=1S/C16H22ClN5O2S/c1-2-13-11-19-22(12-13)16(21-9-7-18-8-10-21)20-25(23,24)15-6-4-3-5-14(15)17/h3-6,11,13,18H,2,7-10,12H2,1H3. The maximum absolute atomic E-state index is 12.8. The maximum atomic E-state index is 12.8. The van der Waals surface area contributed by atoms with Crippen LogP contribution < -0.4 is 5.32 Å². The number of benzene rings is 1. The van der Waals surface area contributed by atoms with Crippen molar-refractivity contribution in [3.63, 3.8) is 0 Å². The molecular weight excluding hydrogens is 362 g/mol. The number of nitrogens with one attached hydrogen (secondary N) is 1. The Morgan fingerprint density at radius 2 is 2.08 bits per heavy atom. The minimum absolute atomic E-state index is 0.0134. The molecule has 0 amide bonds. The Morgan fingerprint density at radius 3 is 2.72 bits per heavy atom. The minimum Gasteiger partial charge on any atom is -0.338 e. The molecule has 25 heavy (non-hydrogen) atoms. The second-order valence-electron chi connectivity index (χ2n) is 6.05. The highest BCUT2D eigenvalue weighted by atomic mass is 35.5. The molecule has 0 saturated carbocycles. The van der Waals surface area contributed by atoms with Gasteiger partial charge < -0.3 is 10.2 Å². The quantitative estimate of drug-likeness (QED) is 0.634. The largest absolute Gasteiger partial charge is 0.338 e. The summed E-state index contributed by atoms with van der Waals surface area (Å²) in [5, 5.41) is 9.50. The lowest BCUT2D eigenvalue weighted by atomic mass is 10.1. The summed E-state index contributed by atoms with van der Waals surface area (Å²) in [7, 11) is -3.92. The average molecular weight is 384 g/mol. The van der Waals surface area contributed by atoms with Crippen LogP contribution in [0.4, 0.5) is 0 Å². The predicted molar refractivity (Wildman–Crippen MR) is 99.5 cm³/mol. The molecule has 0 bridgehead atoms. The normalized spacial score (nSPS) is 21.8. The lowest BCUT2D eigenvalue weighted by Gasteiger charge is -2.33. The second kappa shape index (κ2) is 7.72. The Bertz CT molecular complexity index is 774. The van der Waals surface area contributed by atoms with Gasteiger partial charge in [0.2, 0.25) is 5.96 Å². The Balaban J connectivity index is 1.97. The third-order valence-electron chi connectivity index (χ3n) is 4.30. The molecule has 1 N–H and O–H groups in total. The maximum Gasteiger partial charge on any atom is 0.287 e. The fourth-order valence-corrected chi connectivity index (χ4v) is 4.32. The van der Waals surface area contributed by atoms with Gasteiger partial charge in [0.15, 0.2) is 0 Å². The first kappa shape index (κ1) is 18.2. The van der Waals surface area contributed by atoms with Gasteiger partial charge in [-0.3, -0.25) is 0 Å². The average Bonchev–Trinajstić information content (AvgIpc) is 3.09. The number of hydrogen-bond donors (Lipinski definition) is 1. The fraction of sp³-hybridized carbons (Fsp3) is 0.500. The van der Waals surface area contributed by atoms with Crippen molar-refractivity contribution >= 4 is 33.8 Å². The Kier molecular flexibility index (Phi) is 5.61. The van der Waals surface area contributed by atoms with E-state index in [1.807, 2.05) is 11.1 Å². The van der Waals surface area contributed by atoms with E-state index < -0.39 is 10.0 Å². The summed E-state index contributed by atoms with van der Waals surface area (Å²) in [5.41, 5.74) is 0. The van der Waals surface area contributed by atoms with E-state index >= 15 is 0 Å². The lowest BCUT2D eigenvalue weighted by Crippen LogP contribution is -2.51. The van der Waals surface area contributed by atoms with E-state index in [0.29, 0.717) is 31.5 Å². The zero-order valence-corrected chi connectivity index (χ0v) is 15.7. The van der Waals surface area contributed by atoms with E-state index in [4.69, 9.17) is 11.6 Å². The molecule has 1 aromatic carbocycles. The molecule has 1 aromatic rings. The van der Waals surface area contributed by atoms with Crippen LogP contribution >= 0.6 is 11.6 Å². The summed E-state index contributed by atoms with van der Waals surface area (Å²) >= 11 is 6.07. The Labute approximate surface area is 153 Å². The smallest absolute Gasteiger partial charge is 0.287 e. The van der Waals surface area contributed by atoms with Crippen molar-refractivity contribution in [2.45, 2.75) is 18.2 Å². The van der Waals surface area contributed by atoms with Crippen LogP contribution in [0.2, 0.25) is 5.02 Å². The second-order valence-corrected chi connectivity index (χ2v) is 8.03. The van der Waals surface area contributed by atoms with Gasteiger partial charge in [0, 0.05) is 38.3 Å². The van der Waals surface area contributed by atoms with Crippen molar-refractivity contribution in [2.24, 2.45) is 15.4 Å². The predicted octanol–water partition coefficient (Wildman–Crippen LogP) is 1.62. The number of hydrogen-bond acceptors (Lipinski definition) is 4. The van der Waals surface area contributed by atoms with Crippen LogP contribution in [0.1, 0.15) is 13.3 Å². The first-order chi connectivity index (χ1) is 12.0. The molecular formula is C16H22ClN5O2S. The molecule has 0 radical (unpaired) electrons. The van der Waals surface area contributed by atoms with Crippen molar-refractivity contribution in [1.29, 1.82) is 0 Å². The van der Waals surface area contributed by atoms with E-state index in [0.717, 1.165) is 19.5 Å². The van der Waals surface area contributed by atoms with Crippen LogP contribution in [-0.2, 0) is 10.0 Å². The number of piperazine rings is 1. The minimum atomic E-state index is -3.92. The molecule has 2 aliphatic heterocycles. The molecule has 2 aliphatic rings. The number of nitrogens with zero attached hydrogens (tertiary/aromatic N) is 4. The molecule has 3 rings (SSSR count). The van der Waals surface area contributed by atoms with Gasteiger partial charge in [-0.1, -0.05) is 30.7 Å². The summed E-state index contributed by atoms with van der Waals surface area (Å²) < 4.78 is 29.8. The number of halogens is 1. The van der Waals surface area contributed by atoms with E-state index in [2.05, 4.69) is 21.7 Å². The molecule has 0 aromatic heterocycles. The molecule has 0 aliphatic carbocycles. The van der Waals surface area contributed by atoms with Crippen molar-refractivity contribution in [1.82, 2.24) is 15.2 Å². The third-order valence-corrected chi connectivity index (χ3v) is 6.05. The van der Waals surface area contributed by atoms with Gasteiger partial charge in [0.1, 0.15) is 4.90 Å². The van der Waals surface area contributed by atoms with Crippen LogP contribution in [-0.4, -0.2) is 63.2 Å². The molecule has 2 heterocycles. The van der Waals surface area contributed by atoms with Gasteiger partial charge in [-0.05, 0) is 18.6 Å². The van der Waals surface area contributed by atoms with Gasteiger partial charge in [-0.15, -0.1) is 4.40 Å². The van der Waals surface area contributed by atoms with Gasteiger partial charge in [-0.25, -0.2) is 5.01 Å². The molecule has 1 fully saturated rings. The van der Waals surface area contributed by atoms with Crippen molar-refractivity contribution in [2.75, 3.05) is 32.7 Å². The lowest BCUT2D eigenvalue weighted by molar-refractivity contribution is 0.297. The summed E-state index contributed by atoms with van der Waals surface area (Å²) in [6.07, 6.45) is 2.81. The van der Waals surface area contributed by atoms with E-state index in [9.17, 15) is 8.42 Å². The van der Waals surface area contributed by atoms with Crippen molar-refractivity contribution < 1.29 is 8.42 Å². The van der Waals surface area contributed by atoms with Crippen LogP contribution in [0.5, 0.6) is 0 Å². The number of sulfonamides is 1. The summed E-state index contributed by atoms with van der Waals surface area (Å²) in [6, 6.07) is 6.35. The Morgan fingerprint density at radius 1 is 1.36 bits per heavy atom. The van der Waals surface area contributed by atoms with E-state index in [1.54, 1.807) is 23.2 Å². The molecule has 0 spiro atoms. The van der Waals surface area contributed by atoms with Crippen LogP contribution in [0, 0.1) is 5.92 Å². The van der Waals surface area contributed by atoms with Crippen molar-refractivity contribution in [3.8, 4) is 0 Å². The topological polar surface area (TPSA) is 77.4 Å². The number of guanidine groups is 1. The van der Waals surface area contributed by atoms with Crippen LogP contribution in [0.3, 0.4) is 0 Å². The summed E-state index contributed by atoms with van der Waals surface area (Å²) in [5.74, 6) is 0.671. The summed E-state index contributed by atoms with van der Waals surface area (Å²) in [6.45, 7) is 5.64. The third kappa shape index (κ3) is 4.13. The highest BCUT2D eigenvalue weighted by Gasteiger charge is 2.29. The molecule has 1 saturated heterocycles. The highest BCUT2D eigenvalue weighted by molar-refractivity contribution is 7.90. The van der Waals surface area contributed by atoms with Crippen LogP contribution in [0.15, 0.2) is 38.7 Å². The molecule has 1 unspecified atom stereocenters. The van der Waals surface area contributed by atoms with Gasteiger partial charge in [-0.2, -0.15) is 13.5 Å². The van der Waals surface area contributed by atoms with Gasteiger partial charge in [0.25, 0.3) is 10.0 Å². The zero-order valence-electron chi connectivity index (χ0n) is 14.1. The van der Waals surface area contributed by atoms with Gasteiger partial charge >= 0.3 is 0 Å². The zero-order chi connectivity index (χ0) is 17.9. The highest BCUT2D eigenvalue weighted by Crippen LogP contribution is 2.24. The van der Waals surface area contributed by atoms with Crippen molar-refractivity contribution in [3.05, 3.63) is 29.3 Å². The molecule has 136 valence electrons. The number of hydrazone groups is 1. The molecule has 9 heteroatoms. The van der Waals surface area contributed by atoms with E-state index in [1.165, 1.54) is 6.07 Å². The molecule has 1 atom stereocenters.